The molecule has 0 bridgehead atoms. The van der Waals surface area contributed by atoms with Gasteiger partial charge in [-0.1, -0.05) is 20.8 Å². The Bertz CT molecular complexity index is 276. The fraction of sp³-hybridized carbons (Fsp3) is 1.00. The van der Waals surface area contributed by atoms with E-state index in [0.29, 0.717) is 5.41 Å². The van der Waals surface area contributed by atoms with E-state index in [1.807, 2.05) is 0 Å². The lowest BCUT2D eigenvalue weighted by molar-refractivity contribution is 0.107. The second-order valence-electron chi connectivity index (χ2n) is 8.15. The average molecular weight is 298 g/mol. The van der Waals surface area contributed by atoms with Crippen LogP contribution < -0.4 is 5.32 Å². The summed E-state index contributed by atoms with van der Waals surface area (Å²) in [7, 11) is 6.62. The van der Waals surface area contributed by atoms with Crippen LogP contribution in [0.4, 0.5) is 0 Å². The molecule has 0 aromatic rings. The van der Waals surface area contributed by atoms with Gasteiger partial charge in [-0.25, -0.2) is 0 Å². The van der Waals surface area contributed by atoms with E-state index in [0.717, 1.165) is 12.0 Å². The van der Waals surface area contributed by atoms with Crippen molar-refractivity contribution >= 4 is 0 Å². The van der Waals surface area contributed by atoms with Crippen LogP contribution in [0.3, 0.4) is 0 Å². The summed E-state index contributed by atoms with van der Waals surface area (Å²) < 4.78 is 0. The van der Waals surface area contributed by atoms with E-state index in [1.165, 1.54) is 58.3 Å². The third-order valence-electron chi connectivity index (χ3n) is 4.86. The van der Waals surface area contributed by atoms with Gasteiger partial charge in [-0.3, -0.25) is 0 Å². The molecule has 0 saturated heterocycles. The van der Waals surface area contributed by atoms with Crippen molar-refractivity contribution < 1.29 is 0 Å². The Balaban J connectivity index is 2.44. The van der Waals surface area contributed by atoms with Gasteiger partial charge in [0.2, 0.25) is 0 Å². The molecule has 21 heavy (non-hydrogen) atoms. The minimum atomic E-state index is 0.527. The van der Waals surface area contributed by atoms with Gasteiger partial charge in [0.05, 0.1) is 0 Å². The monoisotopic (exact) mass is 297 g/mol. The van der Waals surface area contributed by atoms with Crippen LogP contribution in [0.15, 0.2) is 0 Å². The lowest BCUT2D eigenvalue weighted by atomic mass is 9.69. The van der Waals surface area contributed by atoms with Gasteiger partial charge in [0.25, 0.3) is 0 Å². The zero-order chi connectivity index (χ0) is 15.9. The topological polar surface area (TPSA) is 18.5 Å². The van der Waals surface area contributed by atoms with E-state index in [9.17, 15) is 0 Å². The van der Waals surface area contributed by atoms with Crippen molar-refractivity contribution in [3.63, 3.8) is 0 Å². The lowest BCUT2D eigenvalue weighted by Gasteiger charge is -2.42. The molecule has 0 aromatic heterocycles. The molecule has 2 unspecified atom stereocenters. The van der Waals surface area contributed by atoms with Crippen molar-refractivity contribution in [1.82, 2.24) is 15.1 Å². The van der Waals surface area contributed by atoms with Crippen LogP contribution in [0, 0.1) is 11.3 Å². The first-order valence-electron chi connectivity index (χ1n) is 8.90. The first-order chi connectivity index (χ1) is 9.84. The van der Waals surface area contributed by atoms with Crippen molar-refractivity contribution in [2.75, 3.05) is 47.3 Å². The van der Waals surface area contributed by atoms with Crippen LogP contribution in [0.5, 0.6) is 0 Å². The summed E-state index contributed by atoms with van der Waals surface area (Å²) in [5, 5.41) is 3.80. The fourth-order valence-electron chi connectivity index (χ4n) is 3.67. The Hall–Kier alpha value is -0.120. The zero-order valence-corrected chi connectivity index (χ0v) is 15.4. The predicted molar refractivity (Wildman–Crippen MR) is 93.9 cm³/mol. The first kappa shape index (κ1) is 18.9. The van der Waals surface area contributed by atoms with E-state index in [2.05, 4.69) is 57.0 Å². The number of nitrogens with one attached hydrogen (secondary N) is 1. The Morgan fingerprint density at radius 1 is 1.14 bits per heavy atom. The van der Waals surface area contributed by atoms with E-state index >= 15 is 0 Å². The molecule has 126 valence electrons. The van der Waals surface area contributed by atoms with Gasteiger partial charge in [0.1, 0.15) is 0 Å². The molecule has 0 aromatic carbocycles. The highest BCUT2D eigenvalue weighted by molar-refractivity contribution is 4.90. The standard InChI is InChI=1S/C18H39N3/c1-7-11-19-17-9-10-18(2,3)14-16(17)15-21(6)13-8-12-20(4)5/h16-17,19H,7-15H2,1-6H3. The third kappa shape index (κ3) is 7.62. The summed E-state index contributed by atoms with van der Waals surface area (Å²) in [6, 6.07) is 0.731. The Labute approximate surface area is 133 Å². The van der Waals surface area contributed by atoms with Crippen LogP contribution >= 0.6 is 0 Å². The van der Waals surface area contributed by atoms with Gasteiger partial charge in [-0.05, 0) is 84.2 Å². The highest BCUT2D eigenvalue weighted by atomic mass is 15.1. The molecule has 0 spiro atoms. The van der Waals surface area contributed by atoms with Gasteiger partial charge in [0, 0.05) is 12.6 Å². The van der Waals surface area contributed by atoms with Gasteiger partial charge in [-0.15, -0.1) is 0 Å². The Morgan fingerprint density at radius 3 is 2.48 bits per heavy atom. The van der Waals surface area contributed by atoms with E-state index in [1.54, 1.807) is 0 Å². The molecule has 1 aliphatic carbocycles. The summed E-state index contributed by atoms with van der Waals surface area (Å²) in [6.45, 7) is 12.0. The first-order valence-corrected chi connectivity index (χ1v) is 8.90. The van der Waals surface area contributed by atoms with Gasteiger partial charge < -0.3 is 15.1 Å². The smallest absolute Gasteiger partial charge is 0.0108 e. The fourth-order valence-corrected chi connectivity index (χ4v) is 3.67. The summed E-state index contributed by atoms with van der Waals surface area (Å²) in [5.41, 5.74) is 0.527. The van der Waals surface area contributed by atoms with Crippen molar-refractivity contribution in [2.24, 2.45) is 11.3 Å². The largest absolute Gasteiger partial charge is 0.314 e. The number of nitrogens with zero attached hydrogens (tertiary/aromatic N) is 2. The number of hydrogen-bond acceptors (Lipinski definition) is 3. The van der Waals surface area contributed by atoms with Crippen molar-refractivity contribution in [1.29, 1.82) is 0 Å². The molecule has 0 amide bonds. The number of rotatable bonds is 9. The SMILES string of the molecule is CCCNC1CCC(C)(C)CC1CN(C)CCCN(C)C. The molecule has 3 nitrogen and oxygen atoms in total. The molecule has 2 atom stereocenters. The van der Waals surface area contributed by atoms with Gasteiger partial charge in [-0.2, -0.15) is 0 Å². The van der Waals surface area contributed by atoms with Crippen LogP contribution in [-0.4, -0.2) is 63.2 Å². The Morgan fingerprint density at radius 2 is 1.86 bits per heavy atom. The highest BCUT2D eigenvalue weighted by Gasteiger charge is 2.34. The number of hydrogen-bond donors (Lipinski definition) is 1. The maximum atomic E-state index is 3.80. The van der Waals surface area contributed by atoms with Gasteiger partial charge in [0.15, 0.2) is 0 Å². The molecule has 3 heteroatoms. The highest BCUT2D eigenvalue weighted by Crippen LogP contribution is 2.39. The lowest BCUT2D eigenvalue weighted by Crippen LogP contribution is -2.47. The van der Waals surface area contributed by atoms with Crippen molar-refractivity contribution in [3.05, 3.63) is 0 Å². The summed E-state index contributed by atoms with van der Waals surface area (Å²) in [4.78, 5) is 4.83. The zero-order valence-electron chi connectivity index (χ0n) is 15.4. The van der Waals surface area contributed by atoms with Crippen LogP contribution in [0.1, 0.15) is 52.9 Å². The maximum absolute atomic E-state index is 3.80. The minimum Gasteiger partial charge on any atom is -0.314 e. The van der Waals surface area contributed by atoms with Crippen molar-refractivity contribution in [2.45, 2.75) is 58.9 Å². The molecule has 1 N–H and O–H groups in total. The summed E-state index contributed by atoms with van der Waals surface area (Å²) in [6.07, 6.45) is 6.60. The predicted octanol–water partition coefficient (Wildman–Crippen LogP) is 3.06. The molecule has 0 heterocycles. The average Bonchev–Trinajstić information content (AvgIpc) is 2.36. The normalized spacial score (nSPS) is 25.7. The summed E-state index contributed by atoms with van der Waals surface area (Å²) in [5.74, 6) is 0.810. The maximum Gasteiger partial charge on any atom is 0.0108 e. The molecule has 0 radical (unpaired) electrons. The van der Waals surface area contributed by atoms with Crippen LogP contribution in [0.25, 0.3) is 0 Å². The minimum absolute atomic E-state index is 0.527. The molecule has 0 aliphatic heterocycles. The van der Waals surface area contributed by atoms with E-state index < -0.39 is 0 Å². The molecular formula is C18H39N3. The molecular weight excluding hydrogens is 258 g/mol. The van der Waals surface area contributed by atoms with E-state index in [4.69, 9.17) is 0 Å². The second-order valence-corrected chi connectivity index (χ2v) is 8.15. The molecule has 1 saturated carbocycles. The molecule has 1 rings (SSSR count). The Kier molecular flexibility index (Phi) is 8.22. The quantitative estimate of drug-likeness (QED) is 0.705. The van der Waals surface area contributed by atoms with Crippen molar-refractivity contribution in [3.8, 4) is 0 Å². The summed E-state index contributed by atoms with van der Waals surface area (Å²) >= 11 is 0. The third-order valence-corrected chi connectivity index (χ3v) is 4.86. The van der Waals surface area contributed by atoms with Crippen LogP contribution in [-0.2, 0) is 0 Å². The molecule has 1 fully saturated rings. The van der Waals surface area contributed by atoms with Gasteiger partial charge >= 0.3 is 0 Å². The van der Waals surface area contributed by atoms with Crippen LogP contribution in [0.2, 0.25) is 0 Å². The second kappa shape index (κ2) is 9.12. The van der Waals surface area contributed by atoms with E-state index in [-0.39, 0.29) is 0 Å². The molecule has 1 aliphatic rings.